The number of aromatic nitrogens is 1. The van der Waals surface area contributed by atoms with Gasteiger partial charge in [0.15, 0.2) is 15.0 Å². The topological polar surface area (TPSA) is 88.2 Å². The van der Waals surface area contributed by atoms with Crippen molar-refractivity contribution in [2.24, 2.45) is 0 Å². The van der Waals surface area contributed by atoms with Gasteiger partial charge in [0.1, 0.15) is 0 Å². The summed E-state index contributed by atoms with van der Waals surface area (Å²) in [7, 11) is -3.28. The predicted octanol–water partition coefficient (Wildman–Crippen LogP) is 4.49. The molecule has 2 N–H and O–H groups in total. The fourth-order valence-electron chi connectivity index (χ4n) is 2.47. The van der Waals surface area contributed by atoms with Crippen LogP contribution in [0.3, 0.4) is 0 Å². The summed E-state index contributed by atoms with van der Waals surface area (Å²) in [6.45, 7) is 0. The Balaban J connectivity index is 1.58. The van der Waals surface area contributed by atoms with Crippen LogP contribution in [0.2, 0.25) is 0 Å². The summed E-state index contributed by atoms with van der Waals surface area (Å²) < 4.78 is 60.7. The molecule has 0 spiro atoms. The lowest BCUT2D eigenvalue weighted by Gasteiger charge is -2.08. The van der Waals surface area contributed by atoms with Crippen molar-refractivity contribution in [1.29, 1.82) is 0 Å². The van der Waals surface area contributed by atoms with E-state index in [1.165, 1.54) is 35.6 Å². The van der Waals surface area contributed by atoms with Gasteiger partial charge in [0, 0.05) is 23.0 Å². The molecule has 0 saturated heterocycles. The van der Waals surface area contributed by atoms with Crippen LogP contribution in [-0.2, 0) is 27.2 Å². The number of anilines is 3. The highest BCUT2D eigenvalue weighted by molar-refractivity contribution is 7.90. The van der Waals surface area contributed by atoms with Gasteiger partial charge in [-0.2, -0.15) is 13.2 Å². The lowest BCUT2D eigenvalue weighted by atomic mass is 10.2. The maximum Gasteiger partial charge on any atom is 0.416 e. The van der Waals surface area contributed by atoms with Crippen molar-refractivity contribution >= 4 is 43.6 Å². The van der Waals surface area contributed by atoms with Gasteiger partial charge in [-0.25, -0.2) is 13.4 Å². The van der Waals surface area contributed by atoms with Crippen LogP contribution in [0.1, 0.15) is 11.3 Å². The molecule has 3 rings (SSSR count). The lowest BCUT2D eigenvalue weighted by Crippen LogP contribution is -2.15. The van der Waals surface area contributed by atoms with E-state index in [0.29, 0.717) is 16.5 Å². The van der Waals surface area contributed by atoms with E-state index in [9.17, 15) is 26.4 Å². The largest absolute Gasteiger partial charge is 0.416 e. The van der Waals surface area contributed by atoms with Crippen LogP contribution in [-0.4, -0.2) is 25.6 Å². The van der Waals surface area contributed by atoms with Crippen LogP contribution >= 0.6 is 11.3 Å². The number of nitrogens with zero attached hydrogens (tertiary/aromatic N) is 1. The third-order valence-corrected chi connectivity index (χ3v) is 5.86. The van der Waals surface area contributed by atoms with Gasteiger partial charge in [0.05, 0.1) is 22.6 Å². The number of carbonyl (C=O) groups is 1. The van der Waals surface area contributed by atoms with E-state index in [4.69, 9.17) is 0 Å². The van der Waals surface area contributed by atoms with Crippen molar-refractivity contribution in [3.05, 3.63) is 65.2 Å². The van der Waals surface area contributed by atoms with Gasteiger partial charge >= 0.3 is 6.18 Å². The fourth-order valence-corrected chi connectivity index (χ4v) is 3.83. The number of sulfone groups is 1. The molecule has 1 aromatic heterocycles. The Hall–Kier alpha value is -2.92. The molecule has 0 saturated carbocycles. The zero-order chi connectivity index (χ0) is 21.9. The minimum Gasteiger partial charge on any atom is -0.332 e. The van der Waals surface area contributed by atoms with E-state index in [1.54, 1.807) is 17.5 Å². The molecule has 0 radical (unpaired) electrons. The standard InChI is InChI=1S/C19H16F3N3O3S2/c1-30(27,28)16-8-6-14(7-9-16)24-18-25-15(11-29-18)10-17(26)23-13-4-2-12(3-5-13)19(20,21)22/h2-9,11H,10H2,1H3,(H,23,26)(H,24,25). The third-order valence-electron chi connectivity index (χ3n) is 3.92. The molecule has 11 heteroatoms. The third kappa shape index (κ3) is 5.80. The van der Waals surface area contributed by atoms with Crippen LogP contribution in [0.5, 0.6) is 0 Å². The second kappa shape index (κ2) is 8.44. The molecule has 30 heavy (non-hydrogen) atoms. The highest BCUT2D eigenvalue weighted by Crippen LogP contribution is 2.30. The maximum absolute atomic E-state index is 12.6. The van der Waals surface area contributed by atoms with Crippen LogP contribution < -0.4 is 10.6 Å². The van der Waals surface area contributed by atoms with Gasteiger partial charge in [-0.15, -0.1) is 11.3 Å². The van der Waals surface area contributed by atoms with Crippen molar-refractivity contribution in [2.45, 2.75) is 17.5 Å². The molecule has 0 unspecified atom stereocenters. The van der Waals surface area contributed by atoms with Crippen LogP contribution in [0, 0.1) is 0 Å². The van der Waals surface area contributed by atoms with E-state index in [2.05, 4.69) is 15.6 Å². The Labute approximate surface area is 174 Å². The first-order valence-corrected chi connectivity index (χ1v) is 11.3. The van der Waals surface area contributed by atoms with Crippen molar-refractivity contribution in [1.82, 2.24) is 4.98 Å². The predicted molar refractivity (Wildman–Crippen MR) is 109 cm³/mol. The van der Waals surface area contributed by atoms with Gasteiger partial charge in [-0.3, -0.25) is 4.79 Å². The van der Waals surface area contributed by atoms with Crippen LogP contribution in [0.15, 0.2) is 58.8 Å². The summed E-state index contributed by atoms with van der Waals surface area (Å²) in [4.78, 5) is 16.6. The molecular weight excluding hydrogens is 439 g/mol. The summed E-state index contributed by atoms with van der Waals surface area (Å²) in [5, 5.41) is 7.74. The molecule has 1 amide bonds. The average molecular weight is 455 g/mol. The molecule has 0 aliphatic heterocycles. The number of hydrogen-bond donors (Lipinski definition) is 2. The summed E-state index contributed by atoms with van der Waals surface area (Å²) in [6, 6.07) is 10.3. The van der Waals surface area contributed by atoms with Crippen LogP contribution in [0.25, 0.3) is 0 Å². The highest BCUT2D eigenvalue weighted by Gasteiger charge is 2.30. The van der Waals surface area contributed by atoms with Crippen molar-refractivity contribution in [3.8, 4) is 0 Å². The zero-order valence-corrected chi connectivity index (χ0v) is 17.2. The summed E-state index contributed by atoms with van der Waals surface area (Å²) >= 11 is 1.26. The summed E-state index contributed by atoms with van der Waals surface area (Å²) in [6.07, 6.45) is -3.36. The first kappa shape index (κ1) is 21.8. The lowest BCUT2D eigenvalue weighted by molar-refractivity contribution is -0.137. The van der Waals surface area contributed by atoms with Gasteiger partial charge in [-0.05, 0) is 48.5 Å². The molecule has 0 bridgehead atoms. The van der Waals surface area contributed by atoms with E-state index < -0.39 is 27.5 Å². The molecule has 158 valence electrons. The number of halogens is 3. The van der Waals surface area contributed by atoms with Gasteiger partial charge < -0.3 is 10.6 Å². The molecule has 2 aromatic carbocycles. The monoisotopic (exact) mass is 455 g/mol. The number of nitrogens with one attached hydrogen (secondary N) is 2. The van der Waals surface area contributed by atoms with E-state index in [0.717, 1.165) is 18.4 Å². The number of carbonyl (C=O) groups excluding carboxylic acids is 1. The fraction of sp³-hybridized carbons (Fsp3) is 0.158. The first-order chi connectivity index (χ1) is 14.0. The first-order valence-electron chi connectivity index (χ1n) is 8.49. The molecule has 0 aliphatic rings. The van der Waals surface area contributed by atoms with Gasteiger partial charge in [0.25, 0.3) is 0 Å². The number of hydrogen-bond acceptors (Lipinski definition) is 6. The Morgan fingerprint density at radius 3 is 2.20 bits per heavy atom. The second-order valence-corrected chi connectivity index (χ2v) is 9.24. The number of benzene rings is 2. The molecule has 6 nitrogen and oxygen atoms in total. The Bertz CT molecular complexity index is 1140. The quantitative estimate of drug-likeness (QED) is 0.572. The normalized spacial score (nSPS) is 11.9. The number of alkyl halides is 3. The minimum absolute atomic E-state index is 0.0494. The molecule has 0 aliphatic carbocycles. The highest BCUT2D eigenvalue weighted by atomic mass is 32.2. The van der Waals surface area contributed by atoms with Crippen molar-refractivity contribution in [3.63, 3.8) is 0 Å². The van der Waals surface area contributed by atoms with Crippen molar-refractivity contribution in [2.75, 3.05) is 16.9 Å². The smallest absolute Gasteiger partial charge is 0.332 e. The number of thiazole rings is 1. The maximum atomic E-state index is 12.6. The molecule has 0 atom stereocenters. The zero-order valence-electron chi connectivity index (χ0n) is 15.5. The minimum atomic E-state index is -4.43. The Morgan fingerprint density at radius 1 is 1.03 bits per heavy atom. The van der Waals surface area contributed by atoms with Gasteiger partial charge in [-0.1, -0.05) is 0 Å². The Morgan fingerprint density at radius 2 is 1.63 bits per heavy atom. The summed E-state index contributed by atoms with van der Waals surface area (Å²) in [5.74, 6) is -0.413. The Kier molecular flexibility index (Phi) is 6.13. The summed E-state index contributed by atoms with van der Waals surface area (Å²) in [5.41, 5.74) is 0.588. The SMILES string of the molecule is CS(=O)(=O)c1ccc(Nc2nc(CC(=O)Nc3ccc(C(F)(F)F)cc3)cs2)cc1. The average Bonchev–Trinajstić information content (AvgIpc) is 3.07. The van der Waals surface area contributed by atoms with E-state index >= 15 is 0 Å². The van der Waals surface area contributed by atoms with Crippen molar-refractivity contribution < 1.29 is 26.4 Å². The molecule has 1 heterocycles. The second-order valence-electron chi connectivity index (χ2n) is 6.37. The molecule has 0 fully saturated rings. The molecule has 3 aromatic rings. The molecular formula is C19H16F3N3O3S2. The van der Waals surface area contributed by atoms with Crippen LogP contribution in [0.4, 0.5) is 29.7 Å². The van der Waals surface area contributed by atoms with E-state index in [1.807, 2.05) is 0 Å². The van der Waals surface area contributed by atoms with E-state index in [-0.39, 0.29) is 17.0 Å². The number of rotatable bonds is 6. The van der Waals surface area contributed by atoms with Gasteiger partial charge in [0.2, 0.25) is 5.91 Å². The number of amides is 1.